The predicted molar refractivity (Wildman–Crippen MR) is 69.8 cm³/mol. The maximum absolute atomic E-state index is 10.7. The first-order valence-electron chi connectivity index (χ1n) is 6.14. The molecule has 1 fully saturated rings. The highest BCUT2D eigenvalue weighted by Gasteiger charge is 2.26. The van der Waals surface area contributed by atoms with Gasteiger partial charge in [-0.15, -0.1) is 0 Å². The van der Waals surface area contributed by atoms with Gasteiger partial charge in [0, 0.05) is 19.2 Å². The van der Waals surface area contributed by atoms with Crippen LogP contribution >= 0.6 is 0 Å². The number of hydrogen-bond acceptors (Lipinski definition) is 7. The Morgan fingerprint density at radius 1 is 1.71 bits per heavy atom. The summed E-state index contributed by atoms with van der Waals surface area (Å²) in [4.78, 5) is 26.5. The molecule has 21 heavy (non-hydrogen) atoms. The van der Waals surface area contributed by atoms with Crippen molar-refractivity contribution in [2.24, 2.45) is 0 Å². The molecule has 1 aromatic heterocycles. The lowest BCUT2D eigenvalue weighted by molar-refractivity contribution is -0.385. The molecule has 0 radical (unpaired) electrons. The van der Waals surface area contributed by atoms with Crippen molar-refractivity contribution in [2.75, 3.05) is 24.6 Å². The predicted octanol–water partition coefficient (Wildman–Crippen LogP) is 0.541. The number of nitro groups is 1. The van der Waals surface area contributed by atoms with E-state index >= 15 is 0 Å². The molecule has 1 saturated heterocycles. The maximum atomic E-state index is 10.7. The minimum Gasteiger partial charge on any atom is -0.481 e. The third-order valence-electron chi connectivity index (χ3n) is 3.02. The average molecular weight is 292 g/mol. The second-order valence-corrected chi connectivity index (χ2v) is 4.47. The number of hydrogen-bond donors (Lipinski definition) is 1. The molecule has 0 amide bonds. The van der Waals surface area contributed by atoms with Crippen LogP contribution < -0.4 is 4.90 Å². The van der Waals surface area contributed by atoms with Crippen molar-refractivity contribution < 1.29 is 19.6 Å². The summed E-state index contributed by atoms with van der Waals surface area (Å²) < 4.78 is 5.33. The molecule has 9 heteroatoms. The van der Waals surface area contributed by atoms with Gasteiger partial charge in [0.25, 0.3) is 5.69 Å². The van der Waals surface area contributed by atoms with Gasteiger partial charge in [0.1, 0.15) is 23.6 Å². The number of carbonyl (C=O) groups is 1. The van der Waals surface area contributed by atoms with E-state index in [1.54, 1.807) is 4.90 Å². The lowest BCUT2D eigenvalue weighted by Gasteiger charge is -2.33. The molecule has 1 unspecified atom stereocenters. The number of morpholine rings is 1. The Bertz CT molecular complexity index is 612. The van der Waals surface area contributed by atoms with Gasteiger partial charge >= 0.3 is 5.97 Å². The molecule has 1 atom stereocenters. The minimum atomic E-state index is -0.973. The van der Waals surface area contributed by atoms with Crippen LogP contribution in [-0.4, -0.2) is 46.8 Å². The number of anilines is 1. The van der Waals surface area contributed by atoms with Crippen molar-refractivity contribution in [1.82, 2.24) is 4.98 Å². The van der Waals surface area contributed by atoms with Crippen molar-refractivity contribution in [2.45, 2.75) is 12.5 Å². The van der Waals surface area contributed by atoms with Crippen LogP contribution in [0.1, 0.15) is 12.0 Å². The van der Waals surface area contributed by atoms with Gasteiger partial charge in [0.05, 0.1) is 24.1 Å². The molecule has 1 aliphatic rings. The fourth-order valence-electron chi connectivity index (χ4n) is 2.11. The summed E-state index contributed by atoms with van der Waals surface area (Å²) in [5.74, 6) is -0.666. The molecule has 0 bridgehead atoms. The van der Waals surface area contributed by atoms with E-state index in [-0.39, 0.29) is 24.2 Å². The Balaban J connectivity index is 2.23. The van der Waals surface area contributed by atoms with Gasteiger partial charge in [-0.1, -0.05) is 0 Å². The summed E-state index contributed by atoms with van der Waals surface area (Å²) in [7, 11) is 0. The highest BCUT2D eigenvalue weighted by atomic mass is 16.6. The Morgan fingerprint density at radius 2 is 2.48 bits per heavy atom. The largest absolute Gasteiger partial charge is 0.481 e. The Labute approximate surface area is 119 Å². The number of pyridine rings is 1. The van der Waals surface area contributed by atoms with E-state index in [0.29, 0.717) is 19.0 Å². The van der Waals surface area contributed by atoms with Gasteiger partial charge in [0.2, 0.25) is 0 Å². The molecule has 1 aromatic rings. The van der Waals surface area contributed by atoms with Gasteiger partial charge in [0.15, 0.2) is 0 Å². The number of nitrogens with zero attached hydrogens (tertiary/aromatic N) is 4. The van der Waals surface area contributed by atoms with Crippen LogP contribution in [-0.2, 0) is 9.53 Å². The van der Waals surface area contributed by atoms with Crippen LogP contribution in [0.15, 0.2) is 12.3 Å². The third kappa shape index (κ3) is 3.43. The van der Waals surface area contributed by atoms with Crippen molar-refractivity contribution in [3.05, 3.63) is 27.9 Å². The van der Waals surface area contributed by atoms with E-state index in [9.17, 15) is 14.9 Å². The van der Waals surface area contributed by atoms with Crippen LogP contribution in [0.4, 0.5) is 11.5 Å². The topological polar surface area (TPSA) is 130 Å². The van der Waals surface area contributed by atoms with Crippen LogP contribution in [0.5, 0.6) is 0 Å². The van der Waals surface area contributed by atoms with E-state index in [1.807, 2.05) is 6.07 Å². The van der Waals surface area contributed by atoms with Crippen LogP contribution in [0.25, 0.3) is 0 Å². The molecular weight excluding hydrogens is 280 g/mol. The highest BCUT2D eigenvalue weighted by molar-refractivity contribution is 5.67. The van der Waals surface area contributed by atoms with E-state index < -0.39 is 17.0 Å². The van der Waals surface area contributed by atoms with E-state index in [0.717, 1.165) is 12.3 Å². The number of aromatic nitrogens is 1. The van der Waals surface area contributed by atoms with Crippen LogP contribution in [0.3, 0.4) is 0 Å². The van der Waals surface area contributed by atoms with Crippen molar-refractivity contribution in [3.8, 4) is 6.07 Å². The Morgan fingerprint density at radius 3 is 3.10 bits per heavy atom. The normalized spacial score (nSPS) is 18.0. The fraction of sp³-hybridized carbons (Fsp3) is 0.417. The number of carboxylic acid groups (broad SMARTS) is 1. The van der Waals surface area contributed by atoms with Crippen LogP contribution in [0, 0.1) is 21.4 Å². The monoisotopic (exact) mass is 292 g/mol. The first-order chi connectivity index (χ1) is 10.0. The Kier molecular flexibility index (Phi) is 4.30. The minimum absolute atomic E-state index is 0.0835. The average Bonchev–Trinajstić information content (AvgIpc) is 2.46. The standard InChI is InChI=1S/C12H12N4O5/c13-5-8-3-9(16(19)20)6-14-12(8)15-1-2-21-10(7-15)4-11(17)18/h3,6,10H,1-2,4,7H2,(H,17,18). The van der Waals surface area contributed by atoms with Crippen molar-refractivity contribution >= 4 is 17.5 Å². The molecule has 2 heterocycles. The van der Waals surface area contributed by atoms with E-state index in [2.05, 4.69) is 4.98 Å². The second-order valence-electron chi connectivity index (χ2n) is 4.47. The quantitative estimate of drug-likeness (QED) is 0.628. The third-order valence-corrected chi connectivity index (χ3v) is 3.02. The molecule has 1 N–H and O–H groups in total. The molecular formula is C12H12N4O5. The summed E-state index contributed by atoms with van der Waals surface area (Å²) in [5.41, 5.74) is -0.175. The molecule has 9 nitrogen and oxygen atoms in total. The van der Waals surface area contributed by atoms with Gasteiger partial charge in [-0.05, 0) is 0 Å². The first kappa shape index (κ1) is 14.7. The highest BCUT2D eigenvalue weighted by Crippen LogP contribution is 2.24. The summed E-state index contributed by atoms with van der Waals surface area (Å²) >= 11 is 0. The van der Waals surface area contributed by atoms with Gasteiger partial charge < -0.3 is 14.7 Å². The molecule has 0 aromatic carbocycles. The van der Waals surface area contributed by atoms with Gasteiger partial charge in [-0.2, -0.15) is 5.26 Å². The molecule has 110 valence electrons. The number of rotatable bonds is 4. The van der Waals surface area contributed by atoms with Gasteiger partial charge in [-0.25, -0.2) is 4.98 Å². The summed E-state index contributed by atoms with van der Waals surface area (Å²) in [6.45, 7) is 1.02. The van der Waals surface area contributed by atoms with Crippen molar-refractivity contribution in [1.29, 1.82) is 5.26 Å². The zero-order valence-corrected chi connectivity index (χ0v) is 10.9. The fourth-order valence-corrected chi connectivity index (χ4v) is 2.11. The molecule has 0 spiro atoms. The lowest BCUT2D eigenvalue weighted by atomic mass is 10.2. The smallest absolute Gasteiger partial charge is 0.306 e. The molecule has 0 saturated carbocycles. The molecule has 0 aliphatic carbocycles. The van der Waals surface area contributed by atoms with E-state index in [4.69, 9.17) is 15.1 Å². The summed E-state index contributed by atoms with van der Waals surface area (Å²) in [6.07, 6.45) is 0.434. The molecule has 2 rings (SSSR count). The summed E-state index contributed by atoms with van der Waals surface area (Å²) in [5, 5.41) is 28.6. The maximum Gasteiger partial charge on any atom is 0.306 e. The number of carboxylic acids is 1. The molecule has 1 aliphatic heterocycles. The number of ether oxygens (including phenoxy) is 1. The van der Waals surface area contributed by atoms with Crippen LogP contribution in [0.2, 0.25) is 0 Å². The lowest BCUT2D eigenvalue weighted by Crippen LogP contribution is -2.44. The zero-order valence-electron chi connectivity index (χ0n) is 10.9. The zero-order chi connectivity index (χ0) is 15.4. The van der Waals surface area contributed by atoms with Crippen molar-refractivity contribution in [3.63, 3.8) is 0 Å². The van der Waals surface area contributed by atoms with E-state index in [1.165, 1.54) is 0 Å². The number of aliphatic carboxylic acids is 1. The number of nitriles is 1. The first-order valence-corrected chi connectivity index (χ1v) is 6.14. The summed E-state index contributed by atoms with van der Waals surface area (Å²) in [6, 6.07) is 3.03. The SMILES string of the molecule is N#Cc1cc([N+](=O)[O-])cnc1N1CCOC(CC(=O)O)C1. The second kappa shape index (κ2) is 6.15. The van der Waals surface area contributed by atoms with Gasteiger partial charge in [-0.3, -0.25) is 14.9 Å². The Hall–Kier alpha value is -2.73.